The van der Waals surface area contributed by atoms with Crippen molar-refractivity contribution in [1.82, 2.24) is 0 Å². The monoisotopic (exact) mass is 178 g/mol. The van der Waals surface area contributed by atoms with Gasteiger partial charge in [-0.15, -0.1) is 0 Å². The van der Waals surface area contributed by atoms with Crippen LogP contribution in [0.1, 0.15) is 37.4 Å². The highest BCUT2D eigenvalue weighted by Crippen LogP contribution is 2.40. The van der Waals surface area contributed by atoms with Crippen LogP contribution in [0.4, 0.5) is 0 Å². The normalized spacial score (nSPS) is 26.5. The SMILES string of the molecule is CC(C)[C@@H]1O[C@@H](O)c2ccccc21. The van der Waals surface area contributed by atoms with Crippen LogP contribution in [-0.2, 0) is 4.74 Å². The average molecular weight is 178 g/mol. The van der Waals surface area contributed by atoms with Crippen LogP contribution in [-0.4, -0.2) is 5.11 Å². The van der Waals surface area contributed by atoms with Crippen molar-refractivity contribution in [3.05, 3.63) is 35.4 Å². The van der Waals surface area contributed by atoms with E-state index >= 15 is 0 Å². The van der Waals surface area contributed by atoms with Crippen LogP contribution in [0.2, 0.25) is 0 Å². The van der Waals surface area contributed by atoms with Gasteiger partial charge in [-0.25, -0.2) is 0 Å². The Morgan fingerprint density at radius 1 is 1.23 bits per heavy atom. The maximum Gasteiger partial charge on any atom is 0.182 e. The molecule has 1 aromatic carbocycles. The molecule has 1 aromatic rings. The molecule has 0 aliphatic carbocycles. The molecular formula is C11H14O2. The van der Waals surface area contributed by atoms with E-state index in [1.165, 1.54) is 0 Å². The molecule has 70 valence electrons. The number of benzene rings is 1. The van der Waals surface area contributed by atoms with E-state index < -0.39 is 6.29 Å². The molecule has 0 spiro atoms. The lowest BCUT2D eigenvalue weighted by atomic mass is 9.97. The summed E-state index contributed by atoms with van der Waals surface area (Å²) in [7, 11) is 0. The summed E-state index contributed by atoms with van der Waals surface area (Å²) in [5, 5.41) is 9.58. The second-order valence-electron chi connectivity index (χ2n) is 3.78. The standard InChI is InChI=1S/C11H14O2/c1-7(2)10-8-5-3-4-6-9(8)11(12)13-10/h3-7,10-12H,1-2H3/t10-,11+/m0/s1. The molecule has 1 N–H and O–H groups in total. The smallest absolute Gasteiger partial charge is 0.182 e. The minimum absolute atomic E-state index is 0.0474. The molecule has 1 heterocycles. The summed E-state index contributed by atoms with van der Waals surface area (Å²) < 4.78 is 5.45. The zero-order valence-corrected chi connectivity index (χ0v) is 7.90. The largest absolute Gasteiger partial charge is 0.364 e. The summed E-state index contributed by atoms with van der Waals surface area (Å²) in [5.41, 5.74) is 2.05. The lowest BCUT2D eigenvalue weighted by Crippen LogP contribution is -2.05. The van der Waals surface area contributed by atoms with Gasteiger partial charge in [-0.05, 0) is 11.5 Å². The van der Waals surface area contributed by atoms with Crippen LogP contribution in [0.5, 0.6) is 0 Å². The number of aliphatic hydroxyl groups is 1. The van der Waals surface area contributed by atoms with Gasteiger partial charge < -0.3 is 9.84 Å². The van der Waals surface area contributed by atoms with E-state index in [-0.39, 0.29) is 6.10 Å². The lowest BCUT2D eigenvalue weighted by molar-refractivity contribution is -0.132. The van der Waals surface area contributed by atoms with Crippen molar-refractivity contribution in [2.24, 2.45) is 5.92 Å². The molecule has 2 atom stereocenters. The fraction of sp³-hybridized carbons (Fsp3) is 0.455. The van der Waals surface area contributed by atoms with E-state index in [1.807, 2.05) is 24.3 Å². The summed E-state index contributed by atoms with van der Waals surface area (Å²) in [5.74, 6) is 0.401. The quantitative estimate of drug-likeness (QED) is 0.715. The van der Waals surface area contributed by atoms with E-state index in [0.717, 1.165) is 11.1 Å². The van der Waals surface area contributed by atoms with Crippen LogP contribution in [0.15, 0.2) is 24.3 Å². The van der Waals surface area contributed by atoms with Crippen molar-refractivity contribution in [2.75, 3.05) is 0 Å². The number of rotatable bonds is 1. The molecule has 0 bridgehead atoms. The number of fused-ring (bicyclic) bond motifs is 1. The number of hydrogen-bond donors (Lipinski definition) is 1. The second-order valence-corrected chi connectivity index (χ2v) is 3.78. The summed E-state index contributed by atoms with van der Waals surface area (Å²) >= 11 is 0. The van der Waals surface area contributed by atoms with Gasteiger partial charge in [0.2, 0.25) is 0 Å². The Kier molecular flexibility index (Phi) is 2.10. The first-order valence-corrected chi connectivity index (χ1v) is 4.62. The Labute approximate surface area is 78.2 Å². The van der Waals surface area contributed by atoms with Crippen LogP contribution >= 0.6 is 0 Å². The molecule has 2 rings (SSSR count). The fourth-order valence-corrected chi connectivity index (χ4v) is 1.80. The number of ether oxygens (including phenoxy) is 1. The molecule has 0 saturated carbocycles. The van der Waals surface area contributed by atoms with E-state index in [1.54, 1.807) is 0 Å². The van der Waals surface area contributed by atoms with E-state index in [9.17, 15) is 5.11 Å². The van der Waals surface area contributed by atoms with Gasteiger partial charge in [0.15, 0.2) is 6.29 Å². The summed E-state index contributed by atoms with van der Waals surface area (Å²) in [6.07, 6.45) is -0.685. The Bertz CT molecular complexity index is 307. The van der Waals surface area contributed by atoms with Gasteiger partial charge in [-0.2, -0.15) is 0 Å². The molecule has 2 heteroatoms. The zero-order chi connectivity index (χ0) is 9.42. The van der Waals surface area contributed by atoms with Gasteiger partial charge in [0.25, 0.3) is 0 Å². The summed E-state index contributed by atoms with van der Waals surface area (Å²) in [6, 6.07) is 7.85. The third-order valence-corrected chi connectivity index (χ3v) is 2.45. The van der Waals surface area contributed by atoms with Crippen molar-refractivity contribution in [2.45, 2.75) is 26.2 Å². The molecule has 0 fully saturated rings. The molecule has 1 aliphatic heterocycles. The van der Waals surface area contributed by atoms with Gasteiger partial charge in [0.05, 0.1) is 6.10 Å². The van der Waals surface area contributed by atoms with Crippen molar-refractivity contribution >= 4 is 0 Å². The van der Waals surface area contributed by atoms with Gasteiger partial charge in [-0.1, -0.05) is 38.1 Å². The Morgan fingerprint density at radius 3 is 2.46 bits per heavy atom. The third kappa shape index (κ3) is 1.36. The highest BCUT2D eigenvalue weighted by atomic mass is 16.6. The van der Waals surface area contributed by atoms with Gasteiger partial charge in [0, 0.05) is 5.56 Å². The van der Waals surface area contributed by atoms with E-state index in [2.05, 4.69) is 13.8 Å². The number of hydrogen-bond acceptors (Lipinski definition) is 2. The molecule has 1 aliphatic rings. The Morgan fingerprint density at radius 2 is 1.85 bits per heavy atom. The maximum atomic E-state index is 9.58. The highest BCUT2D eigenvalue weighted by Gasteiger charge is 2.31. The second kappa shape index (κ2) is 3.13. The van der Waals surface area contributed by atoms with Gasteiger partial charge >= 0.3 is 0 Å². The van der Waals surface area contributed by atoms with Crippen LogP contribution in [0.25, 0.3) is 0 Å². The van der Waals surface area contributed by atoms with Crippen LogP contribution in [0.3, 0.4) is 0 Å². The minimum atomic E-state index is -0.733. The average Bonchev–Trinajstić information content (AvgIpc) is 2.45. The molecule has 0 amide bonds. The Balaban J connectivity index is 2.41. The predicted octanol–water partition coefficient (Wildman–Crippen LogP) is 2.40. The molecular weight excluding hydrogens is 164 g/mol. The molecule has 0 radical (unpaired) electrons. The van der Waals surface area contributed by atoms with Crippen molar-refractivity contribution < 1.29 is 9.84 Å². The van der Waals surface area contributed by atoms with Crippen LogP contribution in [0, 0.1) is 5.92 Å². The molecule has 0 aromatic heterocycles. The molecule has 13 heavy (non-hydrogen) atoms. The molecule has 2 nitrogen and oxygen atoms in total. The first kappa shape index (κ1) is 8.73. The molecule has 0 unspecified atom stereocenters. The summed E-state index contributed by atoms with van der Waals surface area (Å²) in [6.45, 7) is 4.19. The van der Waals surface area contributed by atoms with Gasteiger partial charge in [-0.3, -0.25) is 0 Å². The first-order valence-electron chi connectivity index (χ1n) is 4.62. The van der Waals surface area contributed by atoms with Crippen molar-refractivity contribution in [3.8, 4) is 0 Å². The fourth-order valence-electron chi connectivity index (χ4n) is 1.80. The van der Waals surface area contributed by atoms with E-state index in [4.69, 9.17) is 4.74 Å². The highest BCUT2D eigenvalue weighted by molar-refractivity contribution is 5.33. The summed E-state index contributed by atoms with van der Waals surface area (Å²) in [4.78, 5) is 0. The molecule has 0 saturated heterocycles. The minimum Gasteiger partial charge on any atom is -0.364 e. The predicted molar refractivity (Wildman–Crippen MR) is 50.1 cm³/mol. The topological polar surface area (TPSA) is 29.5 Å². The zero-order valence-electron chi connectivity index (χ0n) is 7.90. The van der Waals surface area contributed by atoms with Gasteiger partial charge in [0.1, 0.15) is 0 Å². The Hall–Kier alpha value is -0.860. The first-order chi connectivity index (χ1) is 6.20. The maximum absolute atomic E-state index is 9.58. The lowest BCUT2D eigenvalue weighted by Gasteiger charge is -2.15. The van der Waals surface area contributed by atoms with Crippen molar-refractivity contribution in [3.63, 3.8) is 0 Å². The third-order valence-electron chi connectivity index (χ3n) is 2.45. The van der Waals surface area contributed by atoms with Crippen LogP contribution < -0.4 is 0 Å². The van der Waals surface area contributed by atoms with E-state index in [0.29, 0.717) is 5.92 Å². The number of aliphatic hydroxyl groups excluding tert-OH is 1. The van der Waals surface area contributed by atoms with Crippen molar-refractivity contribution in [1.29, 1.82) is 0 Å².